The number of thiol groups is 1. The van der Waals surface area contributed by atoms with Crippen LogP contribution in [0.3, 0.4) is 0 Å². The minimum atomic E-state index is -5.73. The molecule has 1 aliphatic rings. The summed E-state index contributed by atoms with van der Waals surface area (Å²) < 4.78 is 51.6. The third-order valence-electron chi connectivity index (χ3n) is 4.39. The van der Waals surface area contributed by atoms with Crippen LogP contribution in [0.4, 0.5) is 5.95 Å². The van der Waals surface area contributed by atoms with Crippen molar-refractivity contribution >= 4 is 59.2 Å². The second-order valence-electron chi connectivity index (χ2n) is 7.34. The number of H-pyrrole nitrogens is 1. The van der Waals surface area contributed by atoms with Gasteiger partial charge in [-0.25, -0.2) is 18.7 Å². The number of ether oxygens (including phenoxy) is 1. The smallest absolute Gasteiger partial charge is 0.480 e. The number of carbonyl (C=O) groups is 1. The quantitative estimate of drug-likeness (QED) is 0.0905. The zero-order valence-corrected chi connectivity index (χ0v) is 22.5. The Hall–Kier alpha value is -1.78. The van der Waals surface area contributed by atoms with E-state index in [0.717, 1.165) is 10.9 Å². The first-order valence-electron chi connectivity index (χ1n) is 9.88. The Labute approximate surface area is 221 Å². The van der Waals surface area contributed by atoms with Crippen LogP contribution in [0.2, 0.25) is 0 Å². The molecular formula is C13H23N6O16P3S. The van der Waals surface area contributed by atoms with E-state index < -0.39 is 72.2 Å². The molecule has 0 bridgehead atoms. The van der Waals surface area contributed by atoms with Crippen molar-refractivity contribution in [2.75, 3.05) is 18.1 Å². The van der Waals surface area contributed by atoms with Gasteiger partial charge in [0, 0.05) is 5.75 Å². The van der Waals surface area contributed by atoms with E-state index in [1.54, 1.807) is 0 Å². The van der Waals surface area contributed by atoms with Gasteiger partial charge >= 0.3 is 29.4 Å². The SMILES string of the molecule is N[C@@H](CS)C(=O)O.Nc1nc2c(ncn2[C@@H]2O[C@H](COP(=O)(O)OP(=O)(O)OP(=O)(O)O)[C@@H](O)[C@H]2O)c(=O)[nH]1. The van der Waals surface area contributed by atoms with E-state index in [1.165, 1.54) is 0 Å². The molecular weight excluding hydrogens is 621 g/mol. The number of nitrogens with zero attached hydrogens (tertiary/aromatic N) is 3. The average Bonchev–Trinajstić information content (AvgIpc) is 3.30. The average molecular weight is 644 g/mol. The van der Waals surface area contributed by atoms with E-state index in [9.17, 15) is 38.4 Å². The molecule has 1 saturated heterocycles. The van der Waals surface area contributed by atoms with Crippen LogP contribution in [0.25, 0.3) is 11.2 Å². The molecule has 0 spiro atoms. The number of anilines is 1. The summed E-state index contributed by atoms with van der Waals surface area (Å²) >= 11 is 3.65. The number of phosphoric acid groups is 3. The van der Waals surface area contributed by atoms with Gasteiger partial charge < -0.3 is 51.1 Å². The lowest BCUT2D eigenvalue weighted by molar-refractivity contribution is -0.137. The monoisotopic (exact) mass is 644 g/mol. The Kier molecular flexibility index (Phi) is 11.0. The van der Waals surface area contributed by atoms with Gasteiger partial charge in [-0.05, 0) is 0 Å². The van der Waals surface area contributed by atoms with Crippen LogP contribution in [0.5, 0.6) is 0 Å². The van der Waals surface area contributed by atoms with E-state index in [-0.39, 0.29) is 22.9 Å². The van der Waals surface area contributed by atoms with Crippen molar-refractivity contribution in [3.05, 3.63) is 16.7 Å². The lowest BCUT2D eigenvalue weighted by atomic mass is 10.1. The van der Waals surface area contributed by atoms with Crippen LogP contribution in [0.15, 0.2) is 11.1 Å². The molecule has 12 N–H and O–H groups in total. The molecule has 2 unspecified atom stereocenters. The molecule has 7 atom stereocenters. The van der Waals surface area contributed by atoms with Gasteiger partial charge in [0.2, 0.25) is 5.95 Å². The molecule has 2 aromatic rings. The molecule has 3 heterocycles. The minimum Gasteiger partial charge on any atom is -0.480 e. The van der Waals surface area contributed by atoms with Gasteiger partial charge in [-0.1, -0.05) is 0 Å². The van der Waals surface area contributed by atoms with Crippen molar-refractivity contribution in [3.63, 3.8) is 0 Å². The van der Waals surface area contributed by atoms with Crippen molar-refractivity contribution in [1.82, 2.24) is 19.5 Å². The minimum absolute atomic E-state index is 0.115. The van der Waals surface area contributed by atoms with E-state index in [4.69, 9.17) is 36.0 Å². The van der Waals surface area contributed by atoms with Crippen molar-refractivity contribution in [2.45, 2.75) is 30.6 Å². The Morgan fingerprint density at radius 2 is 1.79 bits per heavy atom. The summed E-state index contributed by atoms with van der Waals surface area (Å²) in [6.07, 6.45) is -5.33. The molecule has 22 nitrogen and oxygen atoms in total. The maximum atomic E-state index is 11.9. The Morgan fingerprint density at radius 3 is 2.31 bits per heavy atom. The number of nitrogens with two attached hydrogens (primary N) is 2. The number of fused-ring (bicyclic) bond motifs is 1. The second-order valence-corrected chi connectivity index (χ2v) is 12.1. The topological polar surface area (TPSA) is 362 Å². The van der Waals surface area contributed by atoms with Crippen molar-refractivity contribution in [3.8, 4) is 0 Å². The van der Waals surface area contributed by atoms with Crippen LogP contribution in [-0.2, 0) is 36.4 Å². The number of carboxylic acids is 1. The van der Waals surface area contributed by atoms with E-state index in [1.807, 2.05) is 0 Å². The predicted octanol–water partition coefficient (Wildman–Crippen LogP) is -3.01. The highest BCUT2D eigenvalue weighted by Gasteiger charge is 2.47. The fourth-order valence-corrected chi connectivity index (χ4v) is 5.96. The Bertz CT molecular complexity index is 1380. The molecule has 1 fully saturated rings. The number of aromatic nitrogens is 4. The van der Waals surface area contributed by atoms with Crippen molar-refractivity contribution in [2.24, 2.45) is 5.73 Å². The van der Waals surface area contributed by atoms with E-state index in [2.05, 4.69) is 40.7 Å². The number of aromatic amines is 1. The number of aliphatic carboxylic acids is 1. The summed E-state index contributed by atoms with van der Waals surface area (Å²) in [5.74, 6) is -1.09. The first kappa shape index (κ1) is 33.4. The zero-order chi connectivity index (χ0) is 29.9. The number of nitrogens with one attached hydrogen (secondary N) is 1. The highest BCUT2D eigenvalue weighted by Crippen LogP contribution is 2.66. The molecule has 0 saturated carbocycles. The number of hydrogen-bond donors (Lipinski definition) is 11. The molecule has 0 aromatic carbocycles. The summed E-state index contributed by atoms with van der Waals surface area (Å²) in [5.41, 5.74) is 9.44. The largest absolute Gasteiger partial charge is 0.490 e. The number of phosphoric ester groups is 1. The van der Waals surface area contributed by atoms with Crippen LogP contribution in [-0.4, -0.2) is 97.1 Å². The Balaban J connectivity index is 0.000000673. The van der Waals surface area contributed by atoms with Crippen LogP contribution in [0, 0.1) is 0 Å². The van der Waals surface area contributed by atoms with Gasteiger partial charge in [-0.15, -0.1) is 0 Å². The van der Waals surface area contributed by atoms with Gasteiger partial charge in [0.15, 0.2) is 17.4 Å². The fourth-order valence-electron chi connectivity index (χ4n) is 2.77. The van der Waals surface area contributed by atoms with Crippen LogP contribution < -0.4 is 17.0 Å². The molecule has 0 amide bonds. The normalized spacial score (nSPS) is 25.3. The highest BCUT2D eigenvalue weighted by atomic mass is 32.1. The molecule has 0 radical (unpaired) electrons. The fraction of sp³-hybridized carbons (Fsp3) is 0.538. The predicted molar refractivity (Wildman–Crippen MR) is 128 cm³/mol. The summed E-state index contributed by atoms with van der Waals surface area (Å²) in [7, 11) is -16.8. The number of aliphatic hydroxyl groups is 2. The molecule has 2 aromatic heterocycles. The van der Waals surface area contributed by atoms with Gasteiger partial charge in [0.05, 0.1) is 12.9 Å². The maximum Gasteiger partial charge on any atom is 0.490 e. The number of carboxylic acid groups (broad SMARTS) is 1. The first-order valence-corrected chi connectivity index (χ1v) is 15.0. The van der Waals surface area contributed by atoms with E-state index in [0.29, 0.717) is 0 Å². The third kappa shape index (κ3) is 9.39. The molecule has 222 valence electrons. The van der Waals surface area contributed by atoms with E-state index >= 15 is 0 Å². The van der Waals surface area contributed by atoms with Gasteiger partial charge in [0.25, 0.3) is 5.56 Å². The number of nitrogen functional groups attached to an aromatic ring is 1. The molecule has 26 heteroatoms. The molecule has 39 heavy (non-hydrogen) atoms. The number of hydrogen-bond acceptors (Lipinski definition) is 16. The summed E-state index contributed by atoms with van der Waals surface area (Å²) in [6, 6.07) is -0.816. The Morgan fingerprint density at radius 1 is 1.18 bits per heavy atom. The molecule has 1 aliphatic heterocycles. The van der Waals surface area contributed by atoms with Crippen molar-refractivity contribution < 1.29 is 71.3 Å². The molecule has 0 aliphatic carbocycles. The summed E-state index contributed by atoms with van der Waals surface area (Å²) in [4.78, 5) is 67.0. The number of aliphatic hydroxyl groups excluding tert-OH is 2. The van der Waals surface area contributed by atoms with Gasteiger partial charge in [0.1, 0.15) is 24.4 Å². The van der Waals surface area contributed by atoms with Gasteiger partial charge in [-0.3, -0.25) is 23.7 Å². The van der Waals surface area contributed by atoms with Crippen LogP contribution in [0.1, 0.15) is 6.23 Å². The summed E-state index contributed by atoms with van der Waals surface area (Å²) in [5, 5.41) is 28.4. The maximum absolute atomic E-state index is 11.9. The molecule has 3 rings (SSSR count). The standard InChI is InChI=1S/C10H16N5O14P3.C3H7NO2S/c11-10-13-7-4(8(18)14-10)12-2-15(7)9-6(17)5(16)3(27-9)1-26-31(22,23)29-32(24,25)28-30(19,20)21;4-2(1-7)3(5)6/h2-3,5-6,9,16-17H,1H2,(H,22,23)(H,24,25)(H2,19,20,21)(H3,11,13,14,18);2,7H,1,4H2,(H,5,6)/t3-,5-,6-,9-;2-/m10/s1. The summed E-state index contributed by atoms with van der Waals surface area (Å²) in [6.45, 7) is -1.01. The first-order chi connectivity index (χ1) is 17.8. The number of imidazole rings is 1. The number of rotatable bonds is 10. The third-order valence-corrected chi connectivity index (χ3v) is 8.59. The second kappa shape index (κ2) is 12.8. The lowest BCUT2D eigenvalue weighted by Gasteiger charge is -2.19. The van der Waals surface area contributed by atoms with Crippen LogP contribution >= 0.6 is 36.1 Å². The van der Waals surface area contributed by atoms with Crippen molar-refractivity contribution in [1.29, 1.82) is 0 Å². The highest BCUT2D eigenvalue weighted by molar-refractivity contribution is 7.80. The zero-order valence-electron chi connectivity index (χ0n) is 19.0. The van der Waals surface area contributed by atoms with Gasteiger partial charge in [-0.2, -0.15) is 26.2 Å². The lowest BCUT2D eigenvalue weighted by Crippen LogP contribution is -2.33.